The third-order valence-corrected chi connectivity index (χ3v) is 5.10. The zero-order valence-corrected chi connectivity index (χ0v) is 15.9. The molecule has 142 valence electrons. The molecule has 0 radical (unpaired) electrons. The van der Waals surface area contributed by atoms with Gasteiger partial charge in [0.2, 0.25) is 11.8 Å². The minimum Gasteiger partial charge on any atom is -0.340 e. The maximum Gasteiger partial charge on any atom is 0.246 e. The van der Waals surface area contributed by atoms with Gasteiger partial charge < -0.3 is 16.0 Å². The van der Waals surface area contributed by atoms with Crippen LogP contribution < -0.4 is 11.1 Å². The van der Waals surface area contributed by atoms with Crippen LogP contribution in [0.1, 0.15) is 25.3 Å². The average Bonchev–Trinajstić information content (AvgIpc) is 2.70. The zero-order valence-electron chi connectivity index (χ0n) is 15.2. The molecule has 3 N–H and O–H groups in total. The van der Waals surface area contributed by atoms with Gasteiger partial charge in [0.25, 0.3) is 0 Å². The summed E-state index contributed by atoms with van der Waals surface area (Å²) in [6.07, 6.45) is 2.95. The Morgan fingerprint density at radius 2 is 2.00 bits per heavy atom. The summed E-state index contributed by atoms with van der Waals surface area (Å²) < 4.78 is 0. The quantitative estimate of drug-likeness (QED) is 0.845. The minimum absolute atomic E-state index is 0.152. The number of aromatic nitrogens is 1. The number of hydrogen-bond acceptors (Lipinski definition) is 4. The average molecular weight is 387 g/mol. The molecule has 0 bridgehead atoms. The summed E-state index contributed by atoms with van der Waals surface area (Å²) in [6.45, 7) is 2.66. The van der Waals surface area contributed by atoms with Crippen LogP contribution in [0.4, 0.5) is 5.82 Å². The van der Waals surface area contributed by atoms with Crippen LogP contribution in [0, 0.1) is 5.92 Å². The highest BCUT2D eigenvalue weighted by Crippen LogP contribution is 2.25. The van der Waals surface area contributed by atoms with Gasteiger partial charge in [-0.1, -0.05) is 41.9 Å². The number of hydrogen-bond donors (Lipinski definition) is 2. The van der Waals surface area contributed by atoms with Gasteiger partial charge in [-0.3, -0.25) is 9.59 Å². The van der Waals surface area contributed by atoms with Gasteiger partial charge in [-0.15, -0.1) is 0 Å². The highest BCUT2D eigenvalue weighted by atomic mass is 35.5. The van der Waals surface area contributed by atoms with E-state index in [1.807, 2.05) is 30.3 Å². The molecule has 6 nitrogen and oxygen atoms in total. The first-order valence-electron chi connectivity index (χ1n) is 8.94. The van der Waals surface area contributed by atoms with Crippen molar-refractivity contribution >= 4 is 29.2 Å². The topological polar surface area (TPSA) is 88.3 Å². The van der Waals surface area contributed by atoms with Gasteiger partial charge >= 0.3 is 0 Å². The molecule has 1 fully saturated rings. The summed E-state index contributed by atoms with van der Waals surface area (Å²) in [5.74, 6) is -0.177. The molecule has 0 aliphatic carbocycles. The lowest BCUT2D eigenvalue weighted by molar-refractivity contribution is -0.139. The van der Waals surface area contributed by atoms with Crippen LogP contribution in [0.25, 0.3) is 0 Å². The van der Waals surface area contributed by atoms with E-state index in [0.717, 1.165) is 18.4 Å². The first-order valence-corrected chi connectivity index (χ1v) is 9.32. The Morgan fingerprint density at radius 1 is 1.26 bits per heavy atom. The molecule has 0 saturated carbocycles. The van der Waals surface area contributed by atoms with Gasteiger partial charge in [0.15, 0.2) is 0 Å². The minimum atomic E-state index is -1.13. The van der Waals surface area contributed by atoms with E-state index in [0.29, 0.717) is 23.9 Å². The molecule has 3 rings (SSSR count). The van der Waals surface area contributed by atoms with E-state index in [2.05, 4.69) is 10.3 Å². The van der Waals surface area contributed by atoms with Crippen molar-refractivity contribution in [3.05, 3.63) is 59.2 Å². The molecule has 1 aromatic carbocycles. The van der Waals surface area contributed by atoms with E-state index >= 15 is 0 Å². The molecule has 1 aliphatic rings. The van der Waals surface area contributed by atoms with Crippen LogP contribution in [0.2, 0.25) is 5.02 Å². The Kier molecular flexibility index (Phi) is 5.77. The summed E-state index contributed by atoms with van der Waals surface area (Å²) in [4.78, 5) is 31.4. The summed E-state index contributed by atoms with van der Waals surface area (Å²) >= 11 is 5.81. The van der Waals surface area contributed by atoms with Crippen molar-refractivity contribution in [2.75, 3.05) is 18.4 Å². The summed E-state index contributed by atoms with van der Waals surface area (Å²) in [7, 11) is 0. The number of amides is 2. The first-order chi connectivity index (χ1) is 12.9. The van der Waals surface area contributed by atoms with Crippen molar-refractivity contribution in [2.24, 2.45) is 11.7 Å². The second-order valence-corrected chi connectivity index (χ2v) is 7.45. The van der Waals surface area contributed by atoms with E-state index < -0.39 is 5.54 Å². The molecule has 2 atom stereocenters. The molecule has 1 saturated heterocycles. The van der Waals surface area contributed by atoms with Gasteiger partial charge in [0, 0.05) is 19.3 Å². The number of nitrogens with one attached hydrogen (secondary N) is 1. The van der Waals surface area contributed by atoms with Crippen LogP contribution in [0.5, 0.6) is 0 Å². The van der Waals surface area contributed by atoms with Crippen LogP contribution in [-0.2, 0) is 15.1 Å². The molecule has 7 heteroatoms. The maximum atomic E-state index is 13.0. The van der Waals surface area contributed by atoms with Crippen molar-refractivity contribution in [2.45, 2.75) is 25.3 Å². The first kappa shape index (κ1) is 19.3. The van der Waals surface area contributed by atoms with E-state index in [-0.39, 0.29) is 17.7 Å². The number of halogens is 1. The number of benzene rings is 1. The Labute approximate surface area is 163 Å². The van der Waals surface area contributed by atoms with Crippen LogP contribution in [0.3, 0.4) is 0 Å². The molecule has 1 aliphatic heterocycles. The number of carbonyl (C=O) groups is 2. The number of nitrogens with two attached hydrogens (primary N) is 1. The summed E-state index contributed by atoms with van der Waals surface area (Å²) in [5, 5.41) is 3.30. The van der Waals surface area contributed by atoms with Crippen molar-refractivity contribution in [1.29, 1.82) is 0 Å². The van der Waals surface area contributed by atoms with E-state index in [1.165, 1.54) is 6.20 Å². The molecular formula is C20H23ClN4O2. The predicted octanol–water partition coefficient (Wildman–Crippen LogP) is 2.79. The molecular weight excluding hydrogens is 364 g/mol. The fraction of sp³-hybridized carbons (Fsp3) is 0.350. The Morgan fingerprint density at radius 3 is 2.67 bits per heavy atom. The maximum absolute atomic E-state index is 13.0. The molecule has 2 unspecified atom stereocenters. The number of pyridine rings is 1. The monoisotopic (exact) mass is 386 g/mol. The second kappa shape index (κ2) is 8.06. The Balaban J connectivity index is 1.67. The lowest BCUT2D eigenvalue weighted by atomic mass is 9.89. The highest BCUT2D eigenvalue weighted by Gasteiger charge is 2.37. The fourth-order valence-electron chi connectivity index (χ4n) is 3.29. The van der Waals surface area contributed by atoms with Crippen LogP contribution >= 0.6 is 11.6 Å². The normalized spacial score (nSPS) is 19.2. The van der Waals surface area contributed by atoms with Crippen LogP contribution in [0.15, 0.2) is 48.7 Å². The molecule has 27 heavy (non-hydrogen) atoms. The van der Waals surface area contributed by atoms with E-state index in [9.17, 15) is 9.59 Å². The molecule has 2 aromatic rings. The van der Waals surface area contributed by atoms with Gasteiger partial charge in [0.1, 0.15) is 11.4 Å². The number of likely N-dealkylation sites (tertiary alicyclic amines) is 1. The highest BCUT2D eigenvalue weighted by molar-refractivity contribution is 6.30. The van der Waals surface area contributed by atoms with E-state index in [4.69, 9.17) is 17.3 Å². The number of anilines is 1. The van der Waals surface area contributed by atoms with Gasteiger partial charge in [0.05, 0.1) is 10.9 Å². The summed E-state index contributed by atoms with van der Waals surface area (Å²) in [6, 6.07) is 12.6. The third kappa shape index (κ3) is 4.46. The van der Waals surface area contributed by atoms with Gasteiger partial charge in [-0.25, -0.2) is 4.98 Å². The van der Waals surface area contributed by atoms with Crippen molar-refractivity contribution in [1.82, 2.24) is 9.88 Å². The number of nitrogens with zero attached hydrogens (tertiary/aromatic N) is 2. The van der Waals surface area contributed by atoms with E-state index in [1.54, 1.807) is 24.0 Å². The predicted molar refractivity (Wildman–Crippen MR) is 105 cm³/mol. The van der Waals surface area contributed by atoms with Crippen LogP contribution in [-0.4, -0.2) is 34.8 Å². The molecule has 2 heterocycles. The lowest BCUT2D eigenvalue weighted by Crippen LogP contribution is -2.54. The third-order valence-electron chi connectivity index (χ3n) is 4.88. The molecule has 0 spiro atoms. The summed E-state index contributed by atoms with van der Waals surface area (Å²) in [5.41, 5.74) is 5.99. The van der Waals surface area contributed by atoms with Crippen molar-refractivity contribution < 1.29 is 9.59 Å². The fourth-order valence-corrected chi connectivity index (χ4v) is 3.40. The van der Waals surface area contributed by atoms with Gasteiger partial charge in [-0.05, 0) is 37.5 Å². The lowest BCUT2D eigenvalue weighted by Gasteiger charge is -2.37. The largest absolute Gasteiger partial charge is 0.340 e. The smallest absolute Gasteiger partial charge is 0.246 e. The zero-order chi connectivity index (χ0) is 19.4. The number of carbonyl (C=O) groups excluding carboxylic acids is 2. The standard InChI is InChI=1S/C20H23ClN4O2/c1-20(22,15-7-3-2-4-8-15)19(27)25-11-5-6-14(13-25)18(26)24-17-10-9-16(21)12-23-17/h2-4,7-10,12,14H,5-6,11,13,22H2,1H3,(H,23,24,26). The number of rotatable bonds is 4. The SMILES string of the molecule is CC(N)(C(=O)N1CCCC(C(=O)Nc2ccc(Cl)cn2)C1)c1ccccc1. The Hall–Kier alpha value is -2.44. The second-order valence-electron chi connectivity index (χ2n) is 7.01. The van der Waals surface area contributed by atoms with Crippen molar-refractivity contribution in [3.63, 3.8) is 0 Å². The van der Waals surface area contributed by atoms with Crippen molar-refractivity contribution in [3.8, 4) is 0 Å². The molecule has 2 amide bonds. The molecule has 1 aromatic heterocycles. The van der Waals surface area contributed by atoms with Gasteiger partial charge in [-0.2, -0.15) is 0 Å². The number of piperidine rings is 1. The Bertz CT molecular complexity index is 808.